The molecule has 1 saturated heterocycles. The first kappa shape index (κ1) is 9.96. The van der Waals surface area contributed by atoms with Crippen molar-refractivity contribution in [3.05, 3.63) is 0 Å². The maximum absolute atomic E-state index is 6.52. The number of rotatable bonds is 0. The van der Waals surface area contributed by atoms with Gasteiger partial charge in [0, 0.05) is 0 Å². The Morgan fingerprint density at radius 2 is 2.14 bits per heavy atom. The van der Waals surface area contributed by atoms with Crippen molar-refractivity contribution in [3.8, 4) is 0 Å². The van der Waals surface area contributed by atoms with E-state index in [-0.39, 0.29) is 0 Å². The zero-order chi connectivity index (χ0) is 10.2. The van der Waals surface area contributed by atoms with Crippen molar-refractivity contribution in [2.24, 2.45) is 16.7 Å². The second-order valence-corrected chi connectivity index (χ2v) is 14.2. The quantitative estimate of drug-likeness (QED) is 0.617. The van der Waals surface area contributed by atoms with Crippen LogP contribution < -0.4 is 0 Å². The second kappa shape index (κ2) is 2.53. The Kier molecular flexibility index (Phi) is 1.80. The molecule has 82 valence electrons. The Morgan fingerprint density at radius 3 is 2.71 bits per heavy atom. The van der Waals surface area contributed by atoms with E-state index < -0.39 is 12.3 Å². The van der Waals surface area contributed by atoms with Crippen molar-refractivity contribution in [1.82, 2.24) is 0 Å². The van der Waals surface area contributed by atoms with Crippen LogP contribution in [-0.2, 0) is 3.82 Å². The molecule has 14 heavy (non-hydrogen) atoms. The van der Waals surface area contributed by atoms with E-state index in [0.29, 0.717) is 16.9 Å². The van der Waals surface area contributed by atoms with Gasteiger partial charge in [-0.15, -0.1) is 0 Å². The van der Waals surface area contributed by atoms with E-state index in [9.17, 15) is 0 Å². The third-order valence-electron chi connectivity index (χ3n) is 5.19. The van der Waals surface area contributed by atoms with E-state index in [1.165, 1.54) is 24.6 Å². The van der Waals surface area contributed by atoms with Crippen molar-refractivity contribution in [2.75, 3.05) is 0 Å². The third-order valence-corrected chi connectivity index (χ3v) is 9.63. The second-order valence-electron chi connectivity index (χ2n) is 5.98. The van der Waals surface area contributed by atoms with Gasteiger partial charge in [-0.05, 0) is 0 Å². The van der Waals surface area contributed by atoms with Gasteiger partial charge in [0.25, 0.3) is 0 Å². The molecule has 0 radical (unpaired) electrons. The van der Waals surface area contributed by atoms with E-state index in [1.54, 1.807) is 0 Å². The van der Waals surface area contributed by atoms with Gasteiger partial charge in [0.05, 0.1) is 0 Å². The van der Waals surface area contributed by atoms with Crippen LogP contribution in [0, 0.1) is 16.7 Å². The number of hydrogen-bond acceptors (Lipinski definition) is 1. The van der Waals surface area contributed by atoms with Crippen LogP contribution in [0.4, 0.5) is 0 Å². The average molecular weight is 282 g/mol. The molecule has 1 spiro atoms. The Morgan fingerprint density at radius 1 is 1.43 bits per heavy atom. The Labute approximate surface area is 93.3 Å². The minimum atomic E-state index is -2.00. The van der Waals surface area contributed by atoms with Gasteiger partial charge in [-0.25, -0.2) is 0 Å². The van der Waals surface area contributed by atoms with Crippen LogP contribution in [0.2, 0.25) is 11.1 Å². The molecule has 1 heterocycles. The zero-order valence-corrected chi connectivity index (χ0v) is 11.6. The van der Waals surface area contributed by atoms with Gasteiger partial charge < -0.3 is 0 Å². The predicted octanol–water partition coefficient (Wildman–Crippen LogP) is 3.52. The molecule has 0 N–H and O–H groups in total. The standard InChI is InChI=1S/C11H19ClOSe/c1-10(2)8-4-5-11(10)7-14(3,12)13-9(11)6-8/h8-9H,4-7H2,1-3H3/t8-,9-,11-/m1/s1. The normalized spacial score (nSPS) is 63.7. The van der Waals surface area contributed by atoms with Gasteiger partial charge in [0.2, 0.25) is 0 Å². The summed E-state index contributed by atoms with van der Waals surface area (Å²) in [6.45, 7) is 4.90. The molecule has 0 aromatic heterocycles. The van der Waals surface area contributed by atoms with Crippen LogP contribution in [0.5, 0.6) is 0 Å². The molecule has 0 aromatic rings. The van der Waals surface area contributed by atoms with Crippen molar-refractivity contribution < 1.29 is 3.82 Å². The molecule has 1 aliphatic heterocycles. The summed E-state index contributed by atoms with van der Waals surface area (Å²) in [5.74, 6) is 3.09. The molecule has 3 rings (SSSR count). The molecular weight excluding hydrogens is 263 g/mol. The summed E-state index contributed by atoms with van der Waals surface area (Å²) in [5.41, 5.74) is 0.954. The summed E-state index contributed by atoms with van der Waals surface area (Å²) in [4.78, 5) is 0. The SMILES string of the molecule is CC1(C)[C@@H]2CC[C@]13C[Se](C)(Cl)O[C@@H]3C2. The molecule has 0 amide bonds. The molecule has 2 bridgehead atoms. The Balaban J connectivity index is 2.04. The van der Waals surface area contributed by atoms with Crippen molar-refractivity contribution in [2.45, 2.75) is 50.4 Å². The summed E-state index contributed by atoms with van der Waals surface area (Å²) < 4.78 is 6.15. The third kappa shape index (κ3) is 0.967. The molecule has 2 aliphatic carbocycles. The topological polar surface area (TPSA) is 9.23 Å². The van der Waals surface area contributed by atoms with E-state index in [2.05, 4.69) is 19.7 Å². The van der Waals surface area contributed by atoms with Crippen LogP contribution in [0.25, 0.3) is 0 Å². The number of fused-ring (bicyclic) bond motifs is 1. The van der Waals surface area contributed by atoms with Crippen molar-refractivity contribution in [3.63, 3.8) is 0 Å². The fraction of sp³-hybridized carbons (Fsp3) is 1.00. The van der Waals surface area contributed by atoms with E-state index in [4.69, 9.17) is 13.9 Å². The predicted molar refractivity (Wildman–Crippen MR) is 60.7 cm³/mol. The fourth-order valence-electron chi connectivity index (χ4n) is 4.21. The number of hydrogen-bond donors (Lipinski definition) is 0. The fourth-order valence-corrected chi connectivity index (χ4v) is 10.8. The molecule has 3 aliphatic rings. The molecule has 4 atom stereocenters. The maximum atomic E-state index is 6.52. The molecule has 1 unspecified atom stereocenters. The molecule has 3 heteroatoms. The summed E-state index contributed by atoms with van der Waals surface area (Å²) in [6, 6.07) is 0. The van der Waals surface area contributed by atoms with Gasteiger partial charge in [-0.2, -0.15) is 0 Å². The first-order valence-electron chi connectivity index (χ1n) is 5.51. The monoisotopic (exact) mass is 282 g/mol. The van der Waals surface area contributed by atoms with Crippen LogP contribution in [0.1, 0.15) is 33.1 Å². The van der Waals surface area contributed by atoms with Gasteiger partial charge in [0.1, 0.15) is 0 Å². The van der Waals surface area contributed by atoms with Gasteiger partial charge >= 0.3 is 93.3 Å². The van der Waals surface area contributed by atoms with E-state index >= 15 is 0 Å². The van der Waals surface area contributed by atoms with Crippen molar-refractivity contribution >= 4 is 22.4 Å². The first-order valence-corrected chi connectivity index (χ1v) is 11.4. The molecular formula is C11H19ClOSe. The first-order chi connectivity index (χ1) is 6.37. The molecule has 3 fully saturated rings. The van der Waals surface area contributed by atoms with Crippen LogP contribution in [0.3, 0.4) is 0 Å². The summed E-state index contributed by atoms with van der Waals surface area (Å²) in [6.07, 6.45) is 4.58. The van der Waals surface area contributed by atoms with Gasteiger partial charge in [-0.1, -0.05) is 0 Å². The van der Waals surface area contributed by atoms with Gasteiger partial charge in [0.15, 0.2) is 0 Å². The number of halogens is 1. The van der Waals surface area contributed by atoms with E-state index in [0.717, 1.165) is 5.92 Å². The van der Waals surface area contributed by atoms with Gasteiger partial charge in [-0.3, -0.25) is 0 Å². The van der Waals surface area contributed by atoms with Crippen LogP contribution in [0.15, 0.2) is 0 Å². The molecule has 1 nitrogen and oxygen atoms in total. The Bertz CT molecular complexity index is 289. The van der Waals surface area contributed by atoms with Crippen molar-refractivity contribution in [1.29, 1.82) is 0 Å². The van der Waals surface area contributed by atoms with Crippen LogP contribution in [-0.4, -0.2) is 18.4 Å². The molecule has 2 saturated carbocycles. The average Bonchev–Trinajstić information content (AvgIpc) is 2.50. The van der Waals surface area contributed by atoms with Crippen LogP contribution >= 0.6 is 10.1 Å². The molecule has 0 aromatic carbocycles. The zero-order valence-electron chi connectivity index (χ0n) is 9.18. The summed E-state index contributed by atoms with van der Waals surface area (Å²) in [7, 11) is 6.52. The summed E-state index contributed by atoms with van der Waals surface area (Å²) in [5, 5.41) is 1.21. The Hall–Kier alpha value is 0.769. The van der Waals surface area contributed by atoms with E-state index in [1.807, 2.05) is 0 Å². The summed E-state index contributed by atoms with van der Waals surface area (Å²) >= 11 is -2.00. The minimum absolute atomic E-state index is 0.466.